The average molecular weight is 410 g/mol. The summed E-state index contributed by atoms with van der Waals surface area (Å²) in [5, 5.41) is 3.70. The summed E-state index contributed by atoms with van der Waals surface area (Å²) in [6.45, 7) is 4.88. The number of pyridine rings is 1. The lowest BCUT2D eigenvalue weighted by Crippen LogP contribution is -2.39. The van der Waals surface area contributed by atoms with Crippen molar-refractivity contribution < 1.29 is 13.9 Å². The lowest BCUT2D eigenvalue weighted by molar-refractivity contribution is 0.0398. The molecule has 0 atom stereocenters. The summed E-state index contributed by atoms with van der Waals surface area (Å²) in [6.07, 6.45) is 1.41. The predicted octanol–water partition coefficient (Wildman–Crippen LogP) is 1.97. The van der Waals surface area contributed by atoms with Gasteiger partial charge >= 0.3 is 0 Å². The number of carbonyl (C=O) groups excluding carboxylic acids is 1. The predicted molar refractivity (Wildman–Crippen MR) is 114 cm³/mol. The largest absolute Gasteiger partial charge is 0.384 e. The maximum absolute atomic E-state index is 13.3. The van der Waals surface area contributed by atoms with Gasteiger partial charge in [0.15, 0.2) is 0 Å². The number of nitrogens with zero attached hydrogens (tertiary/aromatic N) is 2. The summed E-state index contributed by atoms with van der Waals surface area (Å²) >= 11 is 0. The number of anilines is 1. The third-order valence-electron chi connectivity index (χ3n) is 5.23. The number of rotatable bonds is 6. The van der Waals surface area contributed by atoms with Crippen LogP contribution in [-0.4, -0.2) is 54.8 Å². The van der Waals surface area contributed by atoms with Gasteiger partial charge in [-0.3, -0.25) is 14.5 Å². The molecule has 1 saturated heterocycles. The molecule has 1 aliphatic rings. The monoisotopic (exact) mass is 410 g/mol. The number of aromatic nitrogens is 1. The highest BCUT2D eigenvalue weighted by Crippen LogP contribution is 2.21. The van der Waals surface area contributed by atoms with Gasteiger partial charge < -0.3 is 20.4 Å². The second kappa shape index (κ2) is 8.64. The molecule has 0 radical (unpaired) electrons. The van der Waals surface area contributed by atoms with Gasteiger partial charge in [0.05, 0.1) is 18.7 Å². The van der Waals surface area contributed by atoms with Crippen LogP contribution in [-0.2, 0) is 4.74 Å². The number of amides is 1. The van der Waals surface area contributed by atoms with Crippen molar-refractivity contribution in [2.45, 2.75) is 0 Å². The normalized spacial score (nSPS) is 14.7. The molecular weight excluding hydrogens is 387 g/mol. The molecule has 2 aromatic carbocycles. The van der Waals surface area contributed by atoms with E-state index < -0.39 is 11.3 Å². The molecule has 7 nitrogen and oxygen atoms in total. The van der Waals surface area contributed by atoms with Crippen molar-refractivity contribution in [1.82, 2.24) is 9.47 Å². The van der Waals surface area contributed by atoms with Crippen LogP contribution < -0.4 is 16.5 Å². The summed E-state index contributed by atoms with van der Waals surface area (Å²) < 4.78 is 20.4. The summed E-state index contributed by atoms with van der Waals surface area (Å²) in [5.74, 6) is -1.17. The first kappa shape index (κ1) is 20.1. The second-order valence-electron chi connectivity index (χ2n) is 7.20. The molecule has 1 amide bonds. The maximum atomic E-state index is 13.3. The fourth-order valence-corrected chi connectivity index (χ4v) is 3.61. The van der Waals surface area contributed by atoms with Crippen molar-refractivity contribution in [3.05, 3.63) is 70.3 Å². The van der Waals surface area contributed by atoms with Gasteiger partial charge in [0.1, 0.15) is 11.4 Å². The number of nitrogens with two attached hydrogens (primary N) is 1. The molecule has 2 heterocycles. The molecule has 0 bridgehead atoms. The molecule has 0 unspecified atom stereocenters. The zero-order chi connectivity index (χ0) is 21.1. The number of carbonyl (C=O) groups is 1. The van der Waals surface area contributed by atoms with Gasteiger partial charge in [-0.25, -0.2) is 4.39 Å². The van der Waals surface area contributed by atoms with Crippen LogP contribution in [0.5, 0.6) is 0 Å². The Bertz CT molecular complexity index is 1120. The zero-order valence-corrected chi connectivity index (χ0v) is 16.4. The zero-order valence-electron chi connectivity index (χ0n) is 16.4. The highest BCUT2D eigenvalue weighted by Gasteiger charge is 2.15. The van der Waals surface area contributed by atoms with Crippen molar-refractivity contribution >= 4 is 22.5 Å². The molecule has 3 aromatic rings. The average Bonchev–Trinajstić information content (AvgIpc) is 2.75. The quantitative estimate of drug-likeness (QED) is 0.649. The number of nitrogens with one attached hydrogen (secondary N) is 1. The van der Waals surface area contributed by atoms with Gasteiger partial charge in [0.2, 0.25) is 5.43 Å². The number of benzene rings is 2. The van der Waals surface area contributed by atoms with Crippen LogP contribution in [0.4, 0.5) is 10.1 Å². The minimum Gasteiger partial charge on any atom is -0.384 e. The number of hydrogen-bond donors (Lipinski definition) is 2. The van der Waals surface area contributed by atoms with Gasteiger partial charge in [-0.05, 0) is 42.5 Å². The van der Waals surface area contributed by atoms with E-state index in [4.69, 9.17) is 10.5 Å². The van der Waals surface area contributed by atoms with E-state index in [2.05, 4.69) is 10.2 Å². The minimum atomic E-state index is -0.802. The molecule has 0 saturated carbocycles. The molecule has 156 valence electrons. The van der Waals surface area contributed by atoms with Gasteiger partial charge in [-0.15, -0.1) is 0 Å². The van der Waals surface area contributed by atoms with E-state index in [9.17, 15) is 14.0 Å². The Balaban J connectivity index is 1.67. The minimum absolute atomic E-state index is 0.114. The number of hydrogen-bond acceptors (Lipinski definition) is 5. The van der Waals surface area contributed by atoms with Crippen molar-refractivity contribution in [3.8, 4) is 5.69 Å². The van der Waals surface area contributed by atoms with E-state index >= 15 is 0 Å². The van der Waals surface area contributed by atoms with Crippen LogP contribution in [0.1, 0.15) is 10.4 Å². The molecule has 30 heavy (non-hydrogen) atoms. The standard InChI is InChI=1S/C22H23FN4O3/c23-15-1-4-17(5-2-15)27-14-19(22(24)29)21(28)18-13-16(3-6-20(18)27)25-7-8-26-9-11-30-12-10-26/h1-6,13-14,25H,7-12H2,(H2,24,29). The Morgan fingerprint density at radius 2 is 1.87 bits per heavy atom. The lowest BCUT2D eigenvalue weighted by atomic mass is 10.1. The number of morpholine rings is 1. The summed E-state index contributed by atoms with van der Waals surface area (Å²) in [7, 11) is 0. The van der Waals surface area contributed by atoms with Crippen LogP contribution in [0.2, 0.25) is 0 Å². The van der Waals surface area contributed by atoms with E-state index in [1.165, 1.54) is 18.3 Å². The molecule has 8 heteroatoms. The maximum Gasteiger partial charge on any atom is 0.254 e. The third-order valence-corrected chi connectivity index (χ3v) is 5.23. The van der Waals surface area contributed by atoms with Crippen LogP contribution in [0.3, 0.4) is 0 Å². The van der Waals surface area contributed by atoms with Gasteiger partial charge in [0, 0.05) is 49.1 Å². The smallest absolute Gasteiger partial charge is 0.254 e. The Labute approximate surface area is 172 Å². The van der Waals surface area contributed by atoms with E-state index in [1.807, 2.05) is 12.1 Å². The summed E-state index contributed by atoms with van der Waals surface area (Å²) in [4.78, 5) is 27.0. The first-order valence-electron chi connectivity index (χ1n) is 9.82. The molecule has 1 aliphatic heterocycles. The molecule has 1 fully saturated rings. The van der Waals surface area contributed by atoms with Crippen LogP contribution >= 0.6 is 0 Å². The Morgan fingerprint density at radius 3 is 2.57 bits per heavy atom. The van der Waals surface area contributed by atoms with E-state index in [-0.39, 0.29) is 11.4 Å². The highest BCUT2D eigenvalue weighted by molar-refractivity contribution is 5.97. The lowest BCUT2D eigenvalue weighted by Gasteiger charge is -2.26. The first-order valence-corrected chi connectivity index (χ1v) is 9.82. The van der Waals surface area contributed by atoms with Crippen molar-refractivity contribution in [3.63, 3.8) is 0 Å². The SMILES string of the molecule is NC(=O)c1cn(-c2ccc(F)cc2)c2ccc(NCCN3CCOCC3)cc2c1=O. The first-order chi connectivity index (χ1) is 14.5. The molecular formula is C22H23FN4O3. The van der Waals surface area contributed by atoms with Gasteiger partial charge in [-0.1, -0.05) is 0 Å². The van der Waals surface area contributed by atoms with Crippen LogP contribution in [0.25, 0.3) is 16.6 Å². The fraction of sp³-hybridized carbons (Fsp3) is 0.273. The Kier molecular flexibility index (Phi) is 5.78. The van der Waals surface area contributed by atoms with Crippen molar-refractivity contribution in [2.24, 2.45) is 5.73 Å². The molecule has 3 N–H and O–H groups in total. The topological polar surface area (TPSA) is 89.6 Å². The number of primary amides is 1. The van der Waals surface area contributed by atoms with Gasteiger partial charge in [-0.2, -0.15) is 0 Å². The summed E-state index contributed by atoms with van der Waals surface area (Å²) in [5.41, 5.74) is 6.90. The van der Waals surface area contributed by atoms with E-state index in [1.54, 1.807) is 22.8 Å². The third kappa shape index (κ3) is 4.19. The highest BCUT2D eigenvalue weighted by atomic mass is 19.1. The van der Waals surface area contributed by atoms with Crippen molar-refractivity contribution in [2.75, 3.05) is 44.7 Å². The van der Waals surface area contributed by atoms with E-state index in [0.29, 0.717) is 23.1 Å². The molecule has 0 spiro atoms. The number of halogens is 1. The van der Waals surface area contributed by atoms with Crippen molar-refractivity contribution in [1.29, 1.82) is 0 Å². The Morgan fingerprint density at radius 1 is 1.13 bits per heavy atom. The van der Waals surface area contributed by atoms with Gasteiger partial charge in [0.25, 0.3) is 5.91 Å². The van der Waals surface area contributed by atoms with E-state index in [0.717, 1.165) is 38.5 Å². The fourth-order valence-electron chi connectivity index (χ4n) is 3.61. The number of ether oxygens (including phenoxy) is 1. The molecule has 0 aliphatic carbocycles. The second-order valence-corrected chi connectivity index (χ2v) is 7.20. The Hall–Kier alpha value is -3.23. The van der Waals surface area contributed by atoms with Crippen LogP contribution in [0.15, 0.2) is 53.5 Å². The summed E-state index contributed by atoms with van der Waals surface area (Å²) in [6, 6.07) is 11.2. The molecule has 1 aromatic heterocycles. The number of fused-ring (bicyclic) bond motifs is 1. The van der Waals surface area contributed by atoms with Crippen LogP contribution in [0, 0.1) is 5.82 Å². The molecule has 4 rings (SSSR count).